The van der Waals surface area contributed by atoms with Gasteiger partial charge in [-0.15, -0.1) is 0 Å². The third-order valence-corrected chi connectivity index (χ3v) is 2.35. The standard InChI is InChI=1S/C14H12N4O/c15-9-13(11-5-2-1-3-6-11)18-19-10-12-7-4-8-14(16)17-12/h1-8H,10H2,(H2,16,17)/b18-13+. The summed E-state index contributed by atoms with van der Waals surface area (Å²) >= 11 is 0. The molecule has 0 bridgehead atoms. The lowest BCUT2D eigenvalue weighted by Crippen LogP contribution is -2.00. The van der Waals surface area contributed by atoms with E-state index in [0.29, 0.717) is 17.1 Å². The van der Waals surface area contributed by atoms with Crippen molar-refractivity contribution in [3.63, 3.8) is 0 Å². The van der Waals surface area contributed by atoms with Crippen molar-refractivity contribution in [1.82, 2.24) is 4.98 Å². The van der Waals surface area contributed by atoms with Crippen LogP contribution in [-0.4, -0.2) is 10.7 Å². The van der Waals surface area contributed by atoms with Crippen LogP contribution in [0.3, 0.4) is 0 Å². The zero-order chi connectivity index (χ0) is 13.5. The first-order valence-corrected chi connectivity index (χ1v) is 5.66. The summed E-state index contributed by atoms with van der Waals surface area (Å²) in [6.45, 7) is 0.170. The lowest BCUT2D eigenvalue weighted by Gasteiger charge is -2.01. The number of hydrogen-bond acceptors (Lipinski definition) is 5. The van der Waals surface area contributed by atoms with Crippen LogP contribution in [0.1, 0.15) is 11.3 Å². The molecule has 19 heavy (non-hydrogen) atoms. The minimum Gasteiger partial charge on any atom is -0.388 e. The van der Waals surface area contributed by atoms with Gasteiger partial charge < -0.3 is 10.6 Å². The molecule has 0 radical (unpaired) electrons. The number of nitrogens with two attached hydrogens (primary N) is 1. The Bertz CT molecular complexity index is 617. The summed E-state index contributed by atoms with van der Waals surface area (Å²) < 4.78 is 0. The number of oxime groups is 1. The summed E-state index contributed by atoms with van der Waals surface area (Å²) in [7, 11) is 0. The minimum atomic E-state index is 0.170. The zero-order valence-electron chi connectivity index (χ0n) is 10.2. The molecule has 5 heteroatoms. The molecule has 0 saturated heterocycles. The zero-order valence-corrected chi connectivity index (χ0v) is 10.2. The Morgan fingerprint density at radius 3 is 2.68 bits per heavy atom. The van der Waals surface area contributed by atoms with Gasteiger partial charge in [-0.25, -0.2) is 4.98 Å². The maximum absolute atomic E-state index is 9.02. The predicted molar refractivity (Wildman–Crippen MR) is 72.0 cm³/mol. The van der Waals surface area contributed by atoms with E-state index in [1.807, 2.05) is 24.3 Å². The van der Waals surface area contributed by atoms with Crippen LogP contribution < -0.4 is 5.73 Å². The second-order valence-electron chi connectivity index (χ2n) is 3.74. The Morgan fingerprint density at radius 2 is 2.00 bits per heavy atom. The van der Waals surface area contributed by atoms with Crippen molar-refractivity contribution in [3.05, 3.63) is 59.8 Å². The number of aromatic nitrogens is 1. The molecule has 0 spiro atoms. The highest BCUT2D eigenvalue weighted by atomic mass is 16.6. The Balaban J connectivity index is 2.04. The van der Waals surface area contributed by atoms with E-state index in [2.05, 4.69) is 10.1 Å². The maximum Gasteiger partial charge on any atom is 0.186 e. The molecule has 2 aromatic rings. The second kappa shape index (κ2) is 6.17. The quantitative estimate of drug-likeness (QED) is 0.667. The van der Waals surface area contributed by atoms with E-state index in [0.717, 1.165) is 0 Å². The molecule has 0 aliphatic rings. The van der Waals surface area contributed by atoms with E-state index in [-0.39, 0.29) is 12.3 Å². The van der Waals surface area contributed by atoms with Crippen LogP contribution in [0.2, 0.25) is 0 Å². The van der Waals surface area contributed by atoms with E-state index in [9.17, 15) is 0 Å². The average Bonchev–Trinajstić information content (AvgIpc) is 2.45. The molecule has 0 atom stereocenters. The van der Waals surface area contributed by atoms with Gasteiger partial charge in [0, 0.05) is 5.56 Å². The van der Waals surface area contributed by atoms with Crippen molar-refractivity contribution < 1.29 is 4.84 Å². The lowest BCUT2D eigenvalue weighted by molar-refractivity contribution is 0.128. The van der Waals surface area contributed by atoms with Gasteiger partial charge in [0.05, 0.1) is 5.69 Å². The molecular weight excluding hydrogens is 240 g/mol. The van der Waals surface area contributed by atoms with Gasteiger partial charge in [0.1, 0.15) is 11.9 Å². The number of nitrogens with zero attached hydrogens (tertiary/aromatic N) is 3. The minimum absolute atomic E-state index is 0.170. The molecule has 1 aromatic carbocycles. The van der Waals surface area contributed by atoms with Crippen molar-refractivity contribution in [1.29, 1.82) is 5.26 Å². The Hall–Kier alpha value is -2.87. The molecular formula is C14H12N4O. The highest BCUT2D eigenvalue weighted by molar-refractivity contribution is 6.11. The molecule has 2 rings (SSSR count). The molecule has 1 heterocycles. The van der Waals surface area contributed by atoms with Gasteiger partial charge >= 0.3 is 0 Å². The summed E-state index contributed by atoms with van der Waals surface area (Å²) in [5, 5.41) is 12.8. The number of benzene rings is 1. The topological polar surface area (TPSA) is 84.3 Å². The smallest absolute Gasteiger partial charge is 0.186 e. The molecule has 2 N–H and O–H groups in total. The third kappa shape index (κ3) is 3.54. The van der Waals surface area contributed by atoms with Gasteiger partial charge in [-0.1, -0.05) is 41.6 Å². The van der Waals surface area contributed by atoms with E-state index in [1.165, 1.54) is 0 Å². The van der Waals surface area contributed by atoms with Gasteiger partial charge in [-0.2, -0.15) is 5.26 Å². The van der Waals surface area contributed by atoms with Crippen LogP contribution in [0.25, 0.3) is 0 Å². The molecule has 0 saturated carbocycles. The average molecular weight is 252 g/mol. The van der Waals surface area contributed by atoms with E-state index < -0.39 is 0 Å². The molecule has 0 fully saturated rings. The van der Waals surface area contributed by atoms with E-state index >= 15 is 0 Å². The molecule has 0 unspecified atom stereocenters. The number of hydrogen-bond donors (Lipinski definition) is 1. The number of anilines is 1. The van der Waals surface area contributed by atoms with Gasteiger partial charge in [0.25, 0.3) is 0 Å². The normalized spacial score (nSPS) is 10.8. The second-order valence-corrected chi connectivity index (χ2v) is 3.74. The van der Waals surface area contributed by atoms with Crippen molar-refractivity contribution in [2.24, 2.45) is 5.16 Å². The largest absolute Gasteiger partial charge is 0.388 e. The van der Waals surface area contributed by atoms with Crippen LogP contribution in [-0.2, 0) is 11.4 Å². The first-order chi connectivity index (χ1) is 9.29. The summed E-state index contributed by atoms with van der Waals surface area (Å²) in [6.07, 6.45) is 0. The predicted octanol–water partition coefficient (Wildman–Crippen LogP) is 2.11. The Morgan fingerprint density at radius 1 is 1.21 bits per heavy atom. The summed E-state index contributed by atoms with van der Waals surface area (Å²) in [5.74, 6) is 0.425. The van der Waals surface area contributed by atoms with Crippen molar-refractivity contribution >= 4 is 11.5 Å². The van der Waals surface area contributed by atoms with Crippen LogP contribution in [0.4, 0.5) is 5.82 Å². The lowest BCUT2D eigenvalue weighted by atomic mass is 10.1. The first kappa shape index (κ1) is 12.6. The van der Waals surface area contributed by atoms with Gasteiger partial charge in [-0.3, -0.25) is 0 Å². The number of nitrogen functional groups attached to an aromatic ring is 1. The number of nitriles is 1. The molecule has 5 nitrogen and oxygen atoms in total. The monoisotopic (exact) mass is 252 g/mol. The molecule has 94 valence electrons. The fourth-order valence-corrected chi connectivity index (χ4v) is 1.48. The first-order valence-electron chi connectivity index (χ1n) is 5.66. The maximum atomic E-state index is 9.02. The van der Waals surface area contributed by atoms with E-state index in [1.54, 1.807) is 30.3 Å². The van der Waals surface area contributed by atoms with Crippen LogP contribution >= 0.6 is 0 Å². The van der Waals surface area contributed by atoms with Crippen molar-refractivity contribution in [2.75, 3.05) is 5.73 Å². The molecule has 0 aliphatic heterocycles. The van der Waals surface area contributed by atoms with Gasteiger partial charge in [-0.05, 0) is 12.1 Å². The highest BCUT2D eigenvalue weighted by Crippen LogP contribution is 2.04. The highest BCUT2D eigenvalue weighted by Gasteiger charge is 2.02. The van der Waals surface area contributed by atoms with Gasteiger partial charge in [0.15, 0.2) is 12.3 Å². The summed E-state index contributed by atoms with van der Waals surface area (Å²) in [6, 6.07) is 16.4. The number of pyridine rings is 1. The SMILES string of the molecule is N#C/C(=N\OCc1cccc(N)n1)c1ccccc1. The third-order valence-electron chi connectivity index (χ3n) is 2.35. The van der Waals surface area contributed by atoms with E-state index in [4.69, 9.17) is 15.8 Å². The van der Waals surface area contributed by atoms with Crippen LogP contribution in [0.15, 0.2) is 53.7 Å². The Kier molecular flexibility index (Phi) is 4.09. The fourth-order valence-electron chi connectivity index (χ4n) is 1.48. The molecule has 0 amide bonds. The Labute approximate surface area is 110 Å². The van der Waals surface area contributed by atoms with Crippen LogP contribution in [0.5, 0.6) is 0 Å². The number of rotatable bonds is 4. The fraction of sp³-hybridized carbons (Fsp3) is 0.0714. The van der Waals surface area contributed by atoms with Crippen molar-refractivity contribution in [3.8, 4) is 6.07 Å². The van der Waals surface area contributed by atoms with Gasteiger partial charge in [0.2, 0.25) is 0 Å². The van der Waals surface area contributed by atoms with Crippen LogP contribution in [0, 0.1) is 11.3 Å². The summed E-state index contributed by atoms with van der Waals surface area (Å²) in [5.41, 5.74) is 7.15. The molecule has 1 aromatic heterocycles. The van der Waals surface area contributed by atoms with Crippen molar-refractivity contribution in [2.45, 2.75) is 6.61 Å². The summed E-state index contributed by atoms with van der Waals surface area (Å²) in [4.78, 5) is 9.20. The molecule has 0 aliphatic carbocycles.